The van der Waals surface area contributed by atoms with Gasteiger partial charge in [0.1, 0.15) is 5.82 Å². The Balaban J connectivity index is 1.47. The summed E-state index contributed by atoms with van der Waals surface area (Å²) < 4.78 is 16.2. The minimum atomic E-state index is -0.473. The number of hydrogen-bond acceptors (Lipinski definition) is 3. The van der Waals surface area contributed by atoms with Crippen molar-refractivity contribution in [3.05, 3.63) is 115 Å². The van der Waals surface area contributed by atoms with Gasteiger partial charge in [-0.2, -0.15) is 0 Å². The number of benzene rings is 3. The number of nitrogens with zero attached hydrogens (tertiary/aromatic N) is 2. The van der Waals surface area contributed by atoms with Crippen LogP contribution in [0, 0.1) is 5.82 Å². The number of rotatable bonds is 8. The Morgan fingerprint density at radius 2 is 1.71 bits per heavy atom. The Hall–Kier alpha value is -3.77. The van der Waals surface area contributed by atoms with Gasteiger partial charge in [-0.3, -0.25) is 4.79 Å². The maximum atomic E-state index is 14.6. The molecular formula is C25H23FN4O. The summed E-state index contributed by atoms with van der Waals surface area (Å²) >= 11 is 0. The number of anilines is 1. The first-order valence-corrected chi connectivity index (χ1v) is 10.1. The van der Waals surface area contributed by atoms with Crippen LogP contribution in [0.2, 0.25) is 0 Å². The van der Waals surface area contributed by atoms with E-state index in [9.17, 15) is 9.18 Å². The van der Waals surface area contributed by atoms with E-state index in [1.807, 2.05) is 66.7 Å². The lowest BCUT2D eigenvalue weighted by Gasteiger charge is -2.19. The van der Waals surface area contributed by atoms with Gasteiger partial charge in [-0.1, -0.05) is 54.6 Å². The summed E-state index contributed by atoms with van der Waals surface area (Å²) in [5, 5.41) is 6.24. The van der Waals surface area contributed by atoms with E-state index in [2.05, 4.69) is 15.6 Å². The molecule has 0 spiro atoms. The summed E-state index contributed by atoms with van der Waals surface area (Å²) in [6, 6.07) is 23.7. The predicted molar refractivity (Wildman–Crippen MR) is 119 cm³/mol. The van der Waals surface area contributed by atoms with Crippen LogP contribution < -0.4 is 10.6 Å². The van der Waals surface area contributed by atoms with E-state index in [0.717, 1.165) is 16.8 Å². The van der Waals surface area contributed by atoms with E-state index in [0.29, 0.717) is 18.7 Å². The zero-order valence-electron chi connectivity index (χ0n) is 16.9. The van der Waals surface area contributed by atoms with E-state index >= 15 is 0 Å². The van der Waals surface area contributed by atoms with Crippen LogP contribution in [0.15, 0.2) is 97.6 Å². The summed E-state index contributed by atoms with van der Waals surface area (Å²) in [5.41, 5.74) is 2.98. The summed E-state index contributed by atoms with van der Waals surface area (Å²) in [4.78, 5) is 16.9. The highest BCUT2D eigenvalue weighted by Gasteiger charge is 2.19. The highest BCUT2D eigenvalue weighted by molar-refractivity contribution is 5.95. The van der Waals surface area contributed by atoms with Crippen LogP contribution in [0.4, 0.5) is 10.1 Å². The molecule has 1 unspecified atom stereocenters. The molecule has 0 saturated heterocycles. The van der Waals surface area contributed by atoms with Gasteiger partial charge in [-0.25, -0.2) is 9.37 Å². The summed E-state index contributed by atoms with van der Waals surface area (Å²) in [5.74, 6) is -0.476. The molecule has 156 valence electrons. The van der Waals surface area contributed by atoms with E-state index in [-0.39, 0.29) is 11.7 Å². The number of amides is 1. The van der Waals surface area contributed by atoms with Crippen molar-refractivity contribution in [1.29, 1.82) is 0 Å². The third kappa shape index (κ3) is 5.43. The molecule has 0 aliphatic rings. The minimum absolute atomic E-state index is 0.134. The van der Waals surface area contributed by atoms with Crippen molar-refractivity contribution in [2.75, 3.05) is 5.32 Å². The van der Waals surface area contributed by atoms with Gasteiger partial charge in [0.2, 0.25) is 5.91 Å². The highest BCUT2D eigenvalue weighted by Crippen LogP contribution is 2.16. The fourth-order valence-electron chi connectivity index (χ4n) is 3.37. The average molecular weight is 414 g/mol. The molecule has 1 amide bonds. The van der Waals surface area contributed by atoms with Crippen molar-refractivity contribution < 1.29 is 9.18 Å². The Bertz CT molecular complexity index is 1110. The lowest BCUT2D eigenvalue weighted by molar-refractivity contribution is -0.118. The number of nitrogens with one attached hydrogen (secondary N) is 2. The van der Waals surface area contributed by atoms with Gasteiger partial charge < -0.3 is 15.2 Å². The average Bonchev–Trinajstić information content (AvgIpc) is 3.32. The van der Waals surface area contributed by atoms with Crippen LogP contribution in [0.5, 0.6) is 0 Å². The normalized spacial score (nSPS) is 11.8. The molecule has 2 N–H and O–H groups in total. The fraction of sp³-hybridized carbons (Fsp3) is 0.120. The van der Waals surface area contributed by atoms with Gasteiger partial charge >= 0.3 is 0 Å². The number of carbonyl (C=O) groups excluding carboxylic acids is 1. The first-order chi connectivity index (χ1) is 15.2. The number of aromatic nitrogens is 2. The van der Waals surface area contributed by atoms with Gasteiger partial charge in [0.25, 0.3) is 0 Å². The maximum Gasteiger partial charge on any atom is 0.241 e. The van der Waals surface area contributed by atoms with Crippen molar-refractivity contribution in [3.63, 3.8) is 0 Å². The van der Waals surface area contributed by atoms with Crippen LogP contribution in [-0.2, 0) is 17.8 Å². The third-order valence-electron chi connectivity index (χ3n) is 4.99. The topological polar surface area (TPSA) is 59.0 Å². The standard InChI is InChI=1S/C25H23FN4O/c26-22-15-20(11-12-24(22)30-14-13-27-18-30)17-28-23(16-19-7-3-1-4-8-19)25(31)29-21-9-5-2-6-10-21/h1-15,18,23,28H,16-17H2,(H,29,31). The number of imidazole rings is 1. The fourth-order valence-corrected chi connectivity index (χ4v) is 3.37. The molecule has 0 aliphatic carbocycles. The molecule has 3 aromatic carbocycles. The van der Waals surface area contributed by atoms with Crippen LogP contribution in [-0.4, -0.2) is 21.5 Å². The lowest BCUT2D eigenvalue weighted by Crippen LogP contribution is -2.41. The molecule has 4 rings (SSSR count). The second-order valence-corrected chi connectivity index (χ2v) is 7.23. The monoisotopic (exact) mass is 414 g/mol. The van der Waals surface area contributed by atoms with Gasteiger partial charge in [0.15, 0.2) is 0 Å². The Kier molecular flexibility index (Phi) is 6.50. The molecule has 1 atom stereocenters. The number of halogens is 1. The quantitative estimate of drug-likeness (QED) is 0.451. The Morgan fingerprint density at radius 3 is 2.39 bits per heavy atom. The summed E-state index contributed by atoms with van der Waals surface area (Å²) in [6.45, 7) is 0.362. The molecule has 0 aliphatic heterocycles. The summed E-state index contributed by atoms with van der Waals surface area (Å²) in [7, 11) is 0. The number of hydrogen-bond donors (Lipinski definition) is 2. The van der Waals surface area contributed by atoms with Gasteiger partial charge in [0.05, 0.1) is 18.1 Å². The van der Waals surface area contributed by atoms with Crippen molar-refractivity contribution in [2.45, 2.75) is 19.0 Å². The van der Waals surface area contributed by atoms with E-state index < -0.39 is 6.04 Å². The molecule has 1 heterocycles. The van der Waals surface area contributed by atoms with Crippen LogP contribution >= 0.6 is 0 Å². The molecule has 0 bridgehead atoms. The lowest BCUT2D eigenvalue weighted by atomic mass is 10.0. The smallest absolute Gasteiger partial charge is 0.241 e. The highest BCUT2D eigenvalue weighted by atomic mass is 19.1. The van der Waals surface area contributed by atoms with Crippen LogP contribution in [0.25, 0.3) is 5.69 Å². The van der Waals surface area contributed by atoms with E-state index in [4.69, 9.17) is 0 Å². The first kappa shape index (κ1) is 20.5. The maximum absolute atomic E-state index is 14.6. The molecule has 5 nitrogen and oxygen atoms in total. The molecule has 4 aromatic rings. The van der Waals surface area contributed by atoms with Crippen LogP contribution in [0.3, 0.4) is 0 Å². The molecule has 31 heavy (non-hydrogen) atoms. The predicted octanol–water partition coefficient (Wildman–Crippen LogP) is 4.35. The van der Waals surface area contributed by atoms with Crippen molar-refractivity contribution >= 4 is 11.6 Å². The molecular weight excluding hydrogens is 391 g/mol. The van der Waals surface area contributed by atoms with Crippen LogP contribution in [0.1, 0.15) is 11.1 Å². The second kappa shape index (κ2) is 9.82. The third-order valence-corrected chi connectivity index (χ3v) is 4.99. The number of carbonyl (C=O) groups is 1. The van der Waals surface area contributed by atoms with E-state index in [1.165, 1.54) is 6.07 Å². The van der Waals surface area contributed by atoms with Crippen molar-refractivity contribution in [2.24, 2.45) is 0 Å². The molecule has 1 aromatic heterocycles. The minimum Gasteiger partial charge on any atom is -0.325 e. The zero-order valence-corrected chi connectivity index (χ0v) is 16.9. The molecule has 0 saturated carbocycles. The first-order valence-electron chi connectivity index (χ1n) is 10.1. The molecule has 6 heteroatoms. The molecule has 0 fully saturated rings. The van der Waals surface area contributed by atoms with Gasteiger partial charge in [-0.05, 0) is 41.8 Å². The van der Waals surface area contributed by atoms with Gasteiger partial charge in [-0.15, -0.1) is 0 Å². The number of para-hydroxylation sites is 1. The SMILES string of the molecule is O=C(Nc1ccccc1)C(Cc1ccccc1)NCc1ccc(-n2ccnc2)c(F)c1. The summed E-state index contributed by atoms with van der Waals surface area (Å²) in [6.07, 6.45) is 5.38. The Morgan fingerprint density at radius 1 is 0.968 bits per heavy atom. The second-order valence-electron chi connectivity index (χ2n) is 7.23. The molecule has 0 radical (unpaired) electrons. The largest absolute Gasteiger partial charge is 0.325 e. The van der Waals surface area contributed by atoms with E-state index in [1.54, 1.807) is 29.4 Å². The van der Waals surface area contributed by atoms with Crippen molar-refractivity contribution in [1.82, 2.24) is 14.9 Å². The van der Waals surface area contributed by atoms with Gasteiger partial charge in [0, 0.05) is 24.6 Å². The van der Waals surface area contributed by atoms with Crippen molar-refractivity contribution in [3.8, 4) is 5.69 Å². The zero-order chi connectivity index (χ0) is 21.5. The Labute approximate surface area is 180 Å².